The number of hydrogen-bond donors (Lipinski definition) is 2. The van der Waals surface area contributed by atoms with E-state index in [1.54, 1.807) is 7.11 Å². The van der Waals surface area contributed by atoms with Crippen LogP contribution in [0.3, 0.4) is 0 Å². The Morgan fingerprint density at radius 1 is 1.53 bits per heavy atom. The molecule has 1 aliphatic heterocycles. The predicted octanol–water partition coefficient (Wildman–Crippen LogP) is 0.835. The average Bonchev–Trinajstić information content (AvgIpc) is 2.28. The van der Waals surface area contributed by atoms with Crippen LogP contribution in [0.1, 0.15) is 30.8 Å². The maximum atomic E-state index is 11.7. The lowest BCUT2D eigenvalue weighted by atomic mass is 10.1. The second-order valence-corrected chi connectivity index (χ2v) is 3.69. The first kappa shape index (κ1) is 10.2. The summed E-state index contributed by atoms with van der Waals surface area (Å²) in [5.41, 5.74) is 0.708. The minimum atomic E-state index is -0.188. The van der Waals surface area contributed by atoms with Crippen molar-refractivity contribution < 1.29 is 4.74 Å². The molecule has 0 spiro atoms. The first-order valence-corrected chi connectivity index (χ1v) is 5.12. The standard InChI is InChI=1S/C10H15N3O2/c1-6(15-2)8-12-9-7(10(14)13-8)4-3-5-11-9/h6H,3-5H2,1-2H3,(H2,11,12,13,14). The Labute approximate surface area is 87.9 Å². The third-order valence-electron chi connectivity index (χ3n) is 2.67. The predicted molar refractivity (Wildman–Crippen MR) is 57.1 cm³/mol. The Balaban J connectivity index is 2.45. The maximum absolute atomic E-state index is 11.7. The maximum Gasteiger partial charge on any atom is 0.256 e. The number of nitrogens with one attached hydrogen (secondary N) is 2. The molecule has 0 saturated carbocycles. The lowest BCUT2D eigenvalue weighted by molar-refractivity contribution is 0.112. The lowest BCUT2D eigenvalue weighted by Crippen LogP contribution is -2.25. The molecule has 1 aromatic rings. The van der Waals surface area contributed by atoms with Crippen LogP contribution in [-0.4, -0.2) is 23.6 Å². The molecule has 0 amide bonds. The van der Waals surface area contributed by atoms with E-state index in [1.165, 1.54) is 0 Å². The van der Waals surface area contributed by atoms with Crippen LogP contribution in [-0.2, 0) is 11.2 Å². The summed E-state index contributed by atoms with van der Waals surface area (Å²) in [4.78, 5) is 18.8. The summed E-state index contributed by atoms with van der Waals surface area (Å²) < 4.78 is 5.12. The molecule has 2 rings (SSSR count). The molecule has 2 heterocycles. The molecule has 0 fully saturated rings. The molecule has 0 bridgehead atoms. The number of aromatic nitrogens is 2. The summed E-state index contributed by atoms with van der Waals surface area (Å²) >= 11 is 0. The van der Waals surface area contributed by atoms with Crippen molar-refractivity contribution in [2.75, 3.05) is 19.0 Å². The number of nitrogens with zero attached hydrogens (tertiary/aromatic N) is 1. The first-order chi connectivity index (χ1) is 7.22. The van der Waals surface area contributed by atoms with Crippen molar-refractivity contribution in [3.63, 3.8) is 0 Å². The number of rotatable bonds is 2. The Kier molecular flexibility index (Phi) is 2.73. The third-order valence-corrected chi connectivity index (χ3v) is 2.67. The van der Waals surface area contributed by atoms with Gasteiger partial charge in [0, 0.05) is 13.7 Å². The third kappa shape index (κ3) is 1.87. The van der Waals surface area contributed by atoms with Crippen molar-refractivity contribution in [3.8, 4) is 0 Å². The van der Waals surface area contributed by atoms with E-state index in [0.717, 1.165) is 24.9 Å². The van der Waals surface area contributed by atoms with Gasteiger partial charge in [-0.15, -0.1) is 0 Å². The largest absolute Gasteiger partial charge is 0.374 e. The fraction of sp³-hybridized carbons (Fsp3) is 0.600. The van der Waals surface area contributed by atoms with Crippen molar-refractivity contribution in [1.29, 1.82) is 0 Å². The molecule has 5 heteroatoms. The SMILES string of the molecule is COC(C)c1nc2c(c(=O)[nH]1)CCCN2. The van der Waals surface area contributed by atoms with E-state index in [-0.39, 0.29) is 11.7 Å². The summed E-state index contributed by atoms with van der Waals surface area (Å²) in [5, 5.41) is 3.14. The highest BCUT2D eigenvalue weighted by molar-refractivity contribution is 5.45. The van der Waals surface area contributed by atoms with Crippen molar-refractivity contribution in [1.82, 2.24) is 9.97 Å². The van der Waals surface area contributed by atoms with Crippen LogP contribution >= 0.6 is 0 Å². The minimum absolute atomic E-state index is 0.0499. The van der Waals surface area contributed by atoms with E-state index >= 15 is 0 Å². The van der Waals surface area contributed by atoms with Gasteiger partial charge < -0.3 is 15.0 Å². The summed E-state index contributed by atoms with van der Waals surface area (Å²) in [7, 11) is 1.59. The molecule has 1 unspecified atom stereocenters. The number of ether oxygens (including phenoxy) is 1. The zero-order chi connectivity index (χ0) is 10.8. The van der Waals surface area contributed by atoms with Crippen LogP contribution < -0.4 is 10.9 Å². The molecule has 5 nitrogen and oxygen atoms in total. The van der Waals surface area contributed by atoms with Crippen LogP contribution in [0, 0.1) is 0 Å². The summed E-state index contributed by atoms with van der Waals surface area (Å²) in [6, 6.07) is 0. The van der Waals surface area contributed by atoms with Gasteiger partial charge in [0.1, 0.15) is 17.7 Å². The van der Waals surface area contributed by atoms with E-state index in [0.29, 0.717) is 11.6 Å². The molecule has 0 aromatic carbocycles. The van der Waals surface area contributed by atoms with Crippen molar-refractivity contribution in [2.24, 2.45) is 0 Å². The van der Waals surface area contributed by atoms with Crippen LogP contribution in [0.15, 0.2) is 4.79 Å². The van der Waals surface area contributed by atoms with Crippen molar-refractivity contribution >= 4 is 5.82 Å². The minimum Gasteiger partial charge on any atom is -0.374 e. The van der Waals surface area contributed by atoms with Crippen LogP contribution in [0.4, 0.5) is 5.82 Å². The fourth-order valence-electron chi connectivity index (χ4n) is 1.67. The highest BCUT2D eigenvalue weighted by Crippen LogP contribution is 2.18. The summed E-state index contributed by atoms with van der Waals surface area (Å²) in [5.74, 6) is 1.29. The Bertz CT molecular complexity index is 414. The van der Waals surface area contributed by atoms with Crippen molar-refractivity contribution in [3.05, 3.63) is 21.7 Å². The number of fused-ring (bicyclic) bond motifs is 1. The zero-order valence-electron chi connectivity index (χ0n) is 8.96. The van der Waals surface area contributed by atoms with E-state index in [1.807, 2.05) is 6.92 Å². The molecule has 1 aliphatic rings. The Morgan fingerprint density at radius 3 is 3.07 bits per heavy atom. The molecule has 1 aromatic heterocycles. The monoisotopic (exact) mass is 209 g/mol. The first-order valence-electron chi connectivity index (χ1n) is 5.12. The number of methoxy groups -OCH3 is 1. The Morgan fingerprint density at radius 2 is 2.33 bits per heavy atom. The molecular weight excluding hydrogens is 194 g/mol. The van der Waals surface area contributed by atoms with Gasteiger partial charge >= 0.3 is 0 Å². The van der Waals surface area contributed by atoms with Crippen LogP contribution in [0.2, 0.25) is 0 Å². The number of aromatic amines is 1. The number of H-pyrrole nitrogens is 1. The van der Waals surface area contributed by atoms with E-state index in [4.69, 9.17) is 4.74 Å². The average molecular weight is 209 g/mol. The molecule has 2 N–H and O–H groups in total. The number of hydrogen-bond acceptors (Lipinski definition) is 4. The van der Waals surface area contributed by atoms with E-state index in [2.05, 4.69) is 15.3 Å². The van der Waals surface area contributed by atoms with Gasteiger partial charge in [0.15, 0.2) is 0 Å². The van der Waals surface area contributed by atoms with Gasteiger partial charge in [-0.05, 0) is 19.8 Å². The molecule has 82 valence electrons. The second-order valence-electron chi connectivity index (χ2n) is 3.69. The zero-order valence-corrected chi connectivity index (χ0v) is 8.96. The molecule has 1 atom stereocenters. The lowest BCUT2D eigenvalue weighted by Gasteiger charge is -2.18. The highest BCUT2D eigenvalue weighted by Gasteiger charge is 2.17. The van der Waals surface area contributed by atoms with E-state index < -0.39 is 0 Å². The highest BCUT2D eigenvalue weighted by atomic mass is 16.5. The molecule has 0 aliphatic carbocycles. The van der Waals surface area contributed by atoms with E-state index in [9.17, 15) is 4.79 Å². The molecular formula is C10H15N3O2. The van der Waals surface area contributed by atoms with Gasteiger partial charge in [-0.1, -0.05) is 0 Å². The van der Waals surface area contributed by atoms with Crippen LogP contribution in [0.25, 0.3) is 0 Å². The normalized spacial score (nSPS) is 16.7. The van der Waals surface area contributed by atoms with Gasteiger partial charge in [-0.3, -0.25) is 4.79 Å². The molecule has 0 radical (unpaired) electrons. The quantitative estimate of drug-likeness (QED) is 0.757. The topological polar surface area (TPSA) is 67.0 Å². The summed E-state index contributed by atoms with van der Waals surface area (Å²) in [6.45, 7) is 2.73. The van der Waals surface area contributed by atoms with Gasteiger partial charge in [-0.2, -0.15) is 0 Å². The number of anilines is 1. The molecule has 15 heavy (non-hydrogen) atoms. The fourth-order valence-corrected chi connectivity index (χ4v) is 1.67. The van der Waals surface area contributed by atoms with Gasteiger partial charge in [0.2, 0.25) is 0 Å². The Hall–Kier alpha value is -1.36. The van der Waals surface area contributed by atoms with Crippen molar-refractivity contribution in [2.45, 2.75) is 25.9 Å². The van der Waals surface area contributed by atoms with Crippen LogP contribution in [0.5, 0.6) is 0 Å². The van der Waals surface area contributed by atoms with Gasteiger partial charge in [0.25, 0.3) is 5.56 Å². The molecule has 0 saturated heterocycles. The summed E-state index contributed by atoms with van der Waals surface area (Å²) in [6.07, 6.45) is 1.59. The second kappa shape index (κ2) is 4.02. The van der Waals surface area contributed by atoms with Gasteiger partial charge in [0.05, 0.1) is 5.56 Å². The smallest absolute Gasteiger partial charge is 0.256 e. The van der Waals surface area contributed by atoms with Gasteiger partial charge in [-0.25, -0.2) is 4.98 Å².